The van der Waals surface area contributed by atoms with Crippen molar-refractivity contribution in [3.8, 4) is 0 Å². The molecule has 0 saturated heterocycles. The van der Waals surface area contributed by atoms with Crippen molar-refractivity contribution >= 4 is 0 Å². The molecule has 0 aromatic carbocycles. The Morgan fingerprint density at radius 1 is 1.75 bits per heavy atom. The number of allylic oxidation sites excluding steroid dienone is 1. The Morgan fingerprint density at radius 2 is 2.38 bits per heavy atom. The van der Waals surface area contributed by atoms with Crippen LogP contribution in [0.1, 0.15) is 13.8 Å². The minimum atomic E-state index is -0.258. The van der Waals surface area contributed by atoms with Gasteiger partial charge in [0.2, 0.25) is 0 Å². The molecule has 0 rings (SSSR count). The summed E-state index contributed by atoms with van der Waals surface area (Å²) in [6.45, 7) is 4.30. The van der Waals surface area contributed by atoms with Crippen LogP contribution in [0.15, 0.2) is 12.3 Å². The van der Waals surface area contributed by atoms with Crippen molar-refractivity contribution < 1.29 is 5.11 Å². The third-order valence-corrected chi connectivity index (χ3v) is 0.698. The molecule has 0 saturated carbocycles. The second kappa shape index (κ2) is 4.65. The molecule has 48 valence electrons. The summed E-state index contributed by atoms with van der Waals surface area (Å²) in [4.78, 5) is 0. The monoisotopic (exact) mass is 115 g/mol. The van der Waals surface area contributed by atoms with Crippen molar-refractivity contribution in [3.05, 3.63) is 12.3 Å². The number of hydrogen-bond donors (Lipinski definition) is 2. The van der Waals surface area contributed by atoms with Crippen LogP contribution >= 0.6 is 0 Å². The van der Waals surface area contributed by atoms with Gasteiger partial charge in [0, 0.05) is 6.54 Å². The van der Waals surface area contributed by atoms with E-state index in [1.165, 1.54) is 0 Å². The van der Waals surface area contributed by atoms with Crippen molar-refractivity contribution in [3.63, 3.8) is 0 Å². The van der Waals surface area contributed by atoms with E-state index in [0.717, 1.165) is 0 Å². The highest BCUT2D eigenvalue weighted by molar-refractivity contribution is 4.74. The molecule has 0 aliphatic carbocycles. The molecule has 0 heterocycles. The third-order valence-electron chi connectivity index (χ3n) is 0.698. The van der Waals surface area contributed by atoms with Gasteiger partial charge in [-0.3, -0.25) is 0 Å². The highest BCUT2D eigenvalue weighted by Gasteiger charge is 1.87. The van der Waals surface area contributed by atoms with Crippen LogP contribution in [0.5, 0.6) is 0 Å². The van der Waals surface area contributed by atoms with Gasteiger partial charge in [0.15, 0.2) is 0 Å². The maximum absolute atomic E-state index is 8.68. The molecule has 8 heavy (non-hydrogen) atoms. The van der Waals surface area contributed by atoms with Crippen LogP contribution in [-0.2, 0) is 0 Å². The first-order valence-electron chi connectivity index (χ1n) is 2.80. The van der Waals surface area contributed by atoms with Crippen LogP contribution in [-0.4, -0.2) is 17.8 Å². The van der Waals surface area contributed by atoms with Gasteiger partial charge < -0.3 is 10.4 Å². The van der Waals surface area contributed by atoms with E-state index >= 15 is 0 Å². The van der Waals surface area contributed by atoms with Gasteiger partial charge in [0.1, 0.15) is 0 Å². The fourth-order valence-corrected chi connectivity index (χ4v) is 0.356. The smallest absolute Gasteiger partial charge is 0.0684 e. The standard InChI is InChI=1S/C6H13NO/c1-3-4-7-5-6(2)8/h3-4,6-8H,5H2,1-2H3. The second-order valence-corrected chi connectivity index (χ2v) is 1.76. The van der Waals surface area contributed by atoms with E-state index < -0.39 is 0 Å². The summed E-state index contributed by atoms with van der Waals surface area (Å²) in [5, 5.41) is 11.6. The molecule has 1 unspecified atom stereocenters. The molecule has 2 N–H and O–H groups in total. The highest BCUT2D eigenvalue weighted by atomic mass is 16.3. The first-order chi connectivity index (χ1) is 3.77. The van der Waals surface area contributed by atoms with Crippen molar-refractivity contribution in [2.24, 2.45) is 0 Å². The lowest BCUT2D eigenvalue weighted by atomic mass is 10.4. The topological polar surface area (TPSA) is 32.3 Å². The van der Waals surface area contributed by atoms with E-state index in [-0.39, 0.29) is 6.10 Å². The predicted molar refractivity (Wildman–Crippen MR) is 34.5 cm³/mol. The van der Waals surface area contributed by atoms with Gasteiger partial charge in [-0.05, 0) is 20.0 Å². The maximum Gasteiger partial charge on any atom is 0.0684 e. The summed E-state index contributed by atoms with van der Waals surface area (Å²) in [6, 6.07) is 0. The molecule has 0 aromatic heterocycles. The van der Waals surface area contributed by atoms with Gasteiger partial charge in [-0.15, -0.1) is 0 Å². The zero-order valence-electron chi connectivity index (χ0n) is 5.39. The molecule has 0 aliphatic heterocycles. The van der Waals surface area contributed by atoms with Gasteiger partial charge in [0.25, 0.3) is 0 Å². The van der Waals surface area contributed by atoms with E-state index in [0.29, 0.717) is 6.54 Å². The second-order valence-electron chi connectivity index (χ2n) is 1.76. The number of aliphatic hydroxyl groups excluding tert-OH is 1. The van der Waals surface area contributed by atoms with Crippen LogP contribution in [0.4, 0.5) is 0 Å². The lowest BCUT2D eigenvalue weighted by Gasteiger charge is -2.00. The Bertz CT molecular complexity index is 68.9. The Balaban J connectivity index is 2.93. The lowest BCUT2D eigenvalue weighted by molar-refractivity contribution is 0.196. The average molecular weight is 115 g/mol. The van der Waals surface area contributed by atoms with Crippen LogP contribution in [0.3, 0.4) is 0 Å². The van der Waals surface area contributed by atoms with E-state index in [2.05, 4.69) is 5.32 Å². The number of nitrogens with one attached hydrogen (secondary N) is 1. The minimum absolute atomic E-state index is 0.258. The Morgan fingerprint density at radius 3 is 2.75 bits per heavy atom. The van der Waals surface area contributed by atoms with Crippen molar-refractivity contribution in [2.45, 2.75) is 20.0 Å². The van der Waals surface area contributed by atoms with Crippen LogP contribution in [0, 0.1) is 0 Å². The van der Waals surface area contributed by atoms with Crippen molar-refractivity contribution in [1.29, 1.82) is 0 Å². The molecule has 0 bridgehead atoms. The molecular formula is C6H13NO. The Kier molecular flexibility index (Phi) is 4.36. The molecule has 0 radical (unpaired) electrons. The highest BCUT2D eigenvalue weighted by Crippen LogP contribution is 1.73. The molecule has 1 atom stereocenters. The minimum Gasteiger partial charge on any atom is -0.392 e. The van der Waals surface area contributed by atoms with Gasteiger partial charge in [0.05, 0.1) is 6.10 Å². The first kappa shape index (κ1) is 7.50. The SMILES string of the molecule is CC=CNCC(C)O. The van der Waals surface area contributed by atoms with Gasteiger partial charge in [-0.25, -0.2) is 0 Å². The predicted octanol–water partition coefficient (Wildman–Crippen LogP) is 0.490. The maximum atomic E-state index is 8.68. The number of aliphatic hydroxyl groups is 1. The van der Waals surface area contributed by atoms with Crippen LogP contribution in [0.25, 0.3) is 0 Å². The van der Waals surface area contributed by atoms with Crippen LogP contribution in [0.2, 0.25) is 0 Å². The molecular weight excluding hydrogens is 102 g/mol. The van der Waals surface area contributed by atoms with Crippen molar-refractivity contribution in [2.75, 3.05) is 6.54 Å². The third kappa shape index (κ3) is 5.50. The van der Waals surface area contributed by atoms with E-state index in [1.807, 2.05) is 19.2 Å². The molecule has 0 aliphatic rings. The first-order valence-corrected chi connectivity index (χ1v) is 2.80. The summed E-state index contributed by atoms with van der Waals surface area (Å²) >= 11 is 0. The molecule has 0 amide bonds. The zero-order valence-corrected chi connectivity index (χ0v) is 5.39. The lowest BCUT2D eigenvalue weighted by Crippen LogP contribution is -2.18. The summed E-state index contributed by atoms with van der Waals surface area (Å²) < 4.78 is 0. The molecule has 2 heteroatoms. The van der Waals surface area contributed by atoms with Gasteiger partial charge in [-0.1, -0.05) is 6.08 Å². The van der Waals surface area contributed by atoms with E-state index in [4.69, 9.17) is 5.11 Å². The zero-order chi connectivity index (χ0) is 6.41. The van der Waals surface area contributed by atoms with Gasteiger partial charge >= 0.3 is 0 Å². The summed E-state index contributed by atoms with van der Waals surface area (Å²) in [6.07, 6.45) is 3.45. The fourth-order valence-electron chi connectivity index (χ4n) is 0.356. The number of hydrogen-bond acceptors (Lipinski definition) is 2. The summed E-state index contributed by atoms with van der Waals surface area (Å²) in [7, 11) is 0. The average Bonchev–Trinajstić information content (AvgIpc) is 1.66. The Labute approximate surface area is 50.2 Å². The molecule has 2 nitrogen and oxygen atoms in total. The quantitative estimate of drug-likeness (QED) is 0.561. The normalized spacial score (nSPS) is 14.4. The fraction of sp³-hybridized carbons (Fsp3) is 0.667. The summed E-state index contributed by atoms with van der Waals surface area (Å²) in [5.74, 6) is 0. The largest absolute Gasteiger partial charge is 0.392 e. The van der Waals surface area contributed by atoms with Crippen molar-refractivity contribution in [1.82, 2.24) is 5.32 Å². The van der Waals surface area contributed by atoms with E-state index in [9.17, 15) is 0 Å². The molecule has 0 aromatic rings. The van der Waals surface area contributed by atoms with Crippen LogP contribution < -0.4 is 5.32 Å². The van der Waals surface area contributed by atoms with E-state index in [1.54, 1.807) is 6.92 Å². The van der Waals surface area contributed by atoms with Gasteiger partial charge in [-0.2, -0.15) is 0 Å². The number of rotatable bonds is 3. The Hall–Kier alpha value is -0.500. The molecule has 0 fully saturated rings. The molecule has 0 spiro atoms. The summed E-state index contributed by atoms with van der Waals surface area (Å²) in [5.41, 5.74) is 0.